The Morgan fingerprint density at radius 3 is 2.52 bits per heavy atom. The molecular formula is C15H23NO4S. The molecule has 118 valence electrons. The highest BCUT2D eigenvalue weighted by atomic mass is 32.2. The number of hydrogen-bond donors (Lipinski definition) is 1. The zero-order chi connectivity index (χ0) is 15.3. The summed E-state index contributed by atoms with van der Waals surface area (Å²) in [6, 6.07) is 3.90. The van der Waals surface area contributed by atoms with Crippen molar-refractivity contribution in [2.75, 3.05) is 25.5 Å². The Balaban J connectivity index is 1.94. The molecule has 5 nitrogen and oxygen atoms in total. The second-order valence-corrected chi connectivity index (χ2v) is 7.17. The van der Waals surface area contributed by atoms with Crippen molar-refractivity contribution in [3.05, 3.63) is 23.3 Å². The first-order valence-corrected chi connectivity index (χ1v) is 9.03. The van der Waals surface area contributed by atoms with Gasteiger partial charge in [-0.05, 0) is 43.0 Å². The van der Waals surface area contributed by atoms with E-state index in [9.17, 15) is 8.42 Å². The average molecular weight is 313 g/mol. The van der Waals surface area contributed by atoms with Crippen molar-refractivity contribution in [1.29, 1.82) is 0 Å². The zero-order valence-electron chi connectivity index (χ0n) is 12.6. The SMILES string of the molecule is CCCCS(=O)(=O)NCCc1cc2c(cc1C)OCCO2. The van der Waals surface area contributed by atoms with Crippen molar-refractivity contribution in [1.82, 2.24) is 4.72 Å². The molecule has 0 radical (unpaired) electrons. The number of rotatable bonds is 7. The number of unbranched alkanes of at least 4 members (excludes halogenated alkanes) is 1. The fourth-order valence-electron chi connectivity index (χ4n) is 2.25. The van der Waals surface area contributed by atoms with Crippen LogP contribution in [0.15, 0.2) is 12.1 Å². The summed E-state index contributed by atoms with van der Waals surface area (Å²) < 4.78 is 37.2. The van der Waals surface area contributed by atoms with Crippen molar-refractivity contribution < 1.29 is 17.9 Å². The lowest BCUT2D eigenvalue weighted by Gasteiger charge is -2.20. The maximum atomic E-state index is 11.7. The second-order valence-electron chi connectivity index (χ2n) is 5.24. The molecule has 0 fully saturated rings. The van der Waals surface area contributed by atoms with Crippen LogP contribution in [0.4, 0.5) is 0 Å². The van der Waals surface area contributed by atoms with Gasteiger partial charge < -0.3 is 9.47 Å². The molecule has 0 spiro atoms. The van der Waals surface area contributed by atoms with E-state index in [1.165, 1.54) is 0 Å². The van der Waals surface area contributed by atoms with Crippen molar-refractivity contribution in [3.8, 4) is 11.5 Å². The van der Waals surface area contributed by atoms with E-state index < -0.39 is 10.0 Å². The molecule has 0 bridgehead atoms. The summed E-state index contributed by atoms with van der Waals surface area (Å²) in [5.41, 5.74) is 2.17. The number of nitrogens with one attached hydrogen (secondary N) is 1. The molecule has 0 unspecified atom stereocenters. The van der Waals surface area contributed by atoms with Crippen LogP contribution in [0.1, 0.15) is 30.9 Å². The van der Waals surface area contributed by atoms with Gasteiger partial charge in [-0.3, -0.25) is 0 Å². The quantitative estimate of drug-likeness (QED) is 0.836. The van der Waals surface area contributed by atoms with E-state index in [0.29, 0.717) is 32.6 Å². The van der Waals surface area contributed by atoms with Crippen LogP contribution in [0.2, 0.25) is 0 Å². The maximum absolute atomic E-state index is 11.7. The molecule has 1 aromatic carbocycles. The number of hydrogen-bond acceptors (Lipinski definition) is 4. The Morgan fingerprint density at radius 2 is 1.86 bits per heavy atom. The van der Waals surface area contributed by atoms with Crippen molar-refractivity contribution in [2.45, 2.75) is 33.1 Å². The third-order valence-corrected chi connectivity index (χ3v) is 4.95. The Labute approximate surface area is 126 Å². The van der Waals surface area contributed by atoms with Crippen molar-refractivity contribution in [2.24, 2.45) is 0 Å². The van der Waals surface area contributed by atoms with E-state index in [-0.39, 0.29) is 5.75 Å². The third-order valence-electron chi connectivity index (χ3n) is 3.48. The summed E-state index contributed by atoms with van der Waals surface area (Å²) in [7, 11) is -3.15. The van der Waals surface area contributed by atoms with E-state index in [0.717, 1.165) is 29.0 Å². The molecule has 0 saturated heterocycles. The predicted molar refractivity (Wildman–Crippen MR) is 82.6 cm³/mol. The summed E-state index contributed by atoms with van der Waals surface area (Å²) >= 11 is 0. The summed E-state index contributed by atoms with van der Waals surface area (Å²) in [6.45, 7) is 5.52. The molecule has 1 heterocycles. The van der Waals surface area contributed by atoms with Crippen LogP contribution in [0.5, 0.6) is 11.5 Å². The van der Waals surface area contributed by atoms with Crippen LogP contribution in [-0.2, 0) is 16.4 Å². The molecule has 2 rings (SSSR count). The number of ether oxygens (including phenoxy) is 2. The predicted octanol–water partition coefficient (Wildman–Crippen LogP) is 2.03. The number of aryl methyl sites for hydroxylation is 1. The van der Waals surface area contributed by atoms with Gasteiger partial charge >= 0.3 is 0 Å². The molecule has 1 aliphatic heterocycles. The fourth-order valence-corrected chi connectivity index (χ4v) is 3.48. The Bertz CT molecular complexity index is 584. The first kappa shape index (κ1) is 16.1. The smallest absolute Gasteiger partial charge is 0.211 e. The van der Waals surface area contributed by atoms with Gasteiger partial charge in [0.1, 0.15) is 13.2 Å². The van der Waals surface area contributed by atoms with Gasteiger partial charge in [-0.25, -0.2) is 13.1 Å². The Kier molecular flexibility index (Phi) is 5.47. The molecule has 0 aliphatic carbocycles. The molecular weight excluding hydrogens is 290 g/mol. The minimum absolute atomic E-state index is 0.198. The lowest BCUT2D eigenvalue weighted by atomic mass is 10.0. The van der Waals surface area contributed by atoms with Crippen LogP contribution in [0.3, 0.4) is 0 Å². The van der Waals surface area contributed by atoms with E-state index in [1.54, 1.807) is 0 Å². The van der Waals surface area contributed by atoms with Gasteiger partial charge in [-0.2, -0.15) is 0 Å². The van der Waals surface area contributed by atoms with Gasteiger partial charge in [0.2, 0.25) is 10.0 Å². The number of fused-ring (bicyclic) bond motifs is 1. The zero-order valence-corrected chi connectivity index (χ0v) is 13.5. The first-order valence-electron chi connectivity index (χ1n) is 7.38. The normalized spacial score (nSPS) is 14.2. The van der Waals surface area contributed by atoms with E-state index in [1.807, 2.05) is 26.0 Å². The van der Waals surface area contributed by atoms with Crippen LogP contribution in [0.25, 0.3) is 0 Å². The molecule has 0 aromatic heterocycles. The highest BCUT2D eigenvalue weighted by molar-refractivity contribution is 7.89. The summed E-state index contributed by atoms with van der Waals surface area (Å²) in [6.07, 6.45) is 2.22. The molecule has 1 aliphatic rings. The highest BCUT2D eigenvalue weighted by Crippen LogP contribution is 2.33. The van der Waals surface area contributed by atoms with Gasteiger partial charge in [0.05, 0.1) is 5.75 Å². The summed E-state index contributed by atoms with van der Waals surface area (Å²) in [4.78, 5) is 0. The molecule has 0 saturated carbocycles. The largest absolute Gasteiger partial charge is 0.486 e. The van der Waals surface area contributed by atoms with Gasteiger partial charge in [0.15, 0.2) is 11.5 Å². The van der Waals surface area contributed by atoms with Gasteiger partial charge in [-0.1, -0.05) is 13.3 Å². The minimum Gasteiger partial charge on any atom is -0.486 e. The van der Waals surface area contributed by atoms with E-state index >= 15 is 0 Å². The fraction of sp³-hybridized carbons (Fsp3) is 0.600. The van der Waals surface area contributed by atoms with Crippen molar-refractivity contribution >= 4 is 10.0 Å². The Morgan fingerprint density at radius 1 is 1.19 bits per heavy atom. The highest BCUT2D eigenvalue weighted by Gasteiger charge is 2.15. The van der Waals surface area contributed by atoms with Crippen LogP contribution < -0.4 is 14.2 Å². The minimum atomic E-state index is -3.15. The standard InChI is InChI=1S/C15H23NO4S/c1-3-4-9-21(17,18)16-6-5-13-11-15-14(10-12(13)2)19-7-8-20-15/h10-11,16H,3-9H2,1-2H3. The summed E-state index contributed by atoms with van der Waals surface area (Å²) in [5, 5.41) is 0. The van der Waals surface area contributed by atoms with Gasteiger partial charge in [0.25, 0.3) is 0 Å². The van der Waals surface area contributed by atoms with Crippen LogP contribution >= 0.6 is 0 Å². The molecule has 21 heavy (non-hydrogen) atoms. The average Bonchev–Trinajstić information content (AvgIpc) is 2.45. The molecule has 0 amide bonds. The number of benzene rings is 1. The molecule has 1 aromatic rings. The lowest BCUT2D eigenvalue weighted by molar-refractivity contribution is 0.171. The molecule has 1 N–H and O–H groups in total. The van der Waals surface area contributed by atoms with Gasteiger partial charge in [-0.15, -0.1) is 0 Å². The van der Waals surface area contributed by atoms with E-state index in [2.05, 4.69) is 4.72 Å². The van der Waals surface area contributed by atoms with Crippen molar-refractivity contribution in [3.63, 3.8) is 0 Å². The number of sulfonamides is 1. The van der Waals surface area contributed by atoms with Gasteiger partial charge in [0, 0.05) is 6.54 Å². The van der Waals surface area contributed by atoms with Crippen LogP contribution in [-0.4, -0.2) is 33.9 Å². The second kappa shape index (κ2) is 7.13. The third kappa shape index (κ3) is 4.61. The molecule has 0 atom stereocenters. The topological polar surface area (TPSA) is 64.6 Å². The summed E-state index contributed by atoms with van der Waals surface area (Å²) in [5.74, 6) is 1.71. The monoisotopic (exact) mass is 313 g/mol. The van der Waals surface area contributed by atoms with Crippen LogP contribution in [0, 0.1) is 6.92 Å². The Hall–Kier alpha value is -1.27. The lowest BCUT2D eigenvalue weighted by Crippen LogP contribution is -2.28. The van der Waals surface area contributed by atoms with E-state index in [4.69, 9.17) is 9.47 Å². The maximum Gasteiger partial charge on any atom is 0.211 e. The first-order chi connectivity index (χ1) is 10.0. The molecule has 6 heteroatoms.